The number of halogens is 1. The van der Waals surface area contributed by atoms with Gasteiger partial charge in [0.05, 0.1) is 4.90 Å². The fourth-order valence-electron chi connectivity index (χ4n) is 1.44. The van der Waals surface area contributed by atoms with Crippen LogP contribution in [0.2, 0.25) is 5.02 Å². The van der Waals surface area contributed by atoms with Crippen molar-refractivity contribution in [1.29, 1.82) is 0 Å². The Bertz CT molecular complexity index is 428. The fraction of sp³-hybridized carbons (Fsp3) is 0.455. The summed E-state index contributed by atoms with van der Waals surface area (Å²) in [7, 11) is -3.41. The molecule has 0 saturated heterocycles. The monoisotopic (exact) mass is 261 g/mol. The summed E-state index contributed by atoms with van der Waals surface area (Å²) in [6.45, 7) is 3.88. The predicted molar refractivity (Wildman–Crippen MR) is 66.1 cm³/mol. The molecule has 0 fully saturated rings. The minimum Gasteiger partial charge on any atom is -0.208 e. The standard InChI is InChI=1S/C11H16ClNO2S/c1-3-4-9(2)13-16(14,15)11-7-5-10(12)6-8-11/h5-9,13H,3-4H2,1-2H3. The lowest BCUT2D eigenvalue weighted by molar-refractivity contribution is 0.544. The Labute approximate surface area is 102 Å². The van der Waals surface area contributed by atoms with Crippen molar-refractivity contribution >= 4 is 21.6 Å². The third kappa shape index (κ3) is 3.77. The van der Waals surface area contributed by atoms with Crippen LogP contribution in [0.4, 0.5) is 0 Å². The summed E-state index contributed by atoms with van der Waals surface area (Å²) in [5.41, 5.74) is 0. The van der Waals surface area contributed by atoms with E-state index in [-0.39, 0.29) is 10.9 Å². The maximum atomic E-state index is 11.9. The van der Waals surface area contributed by atoms with Gasteiger partial charge in [0.15, 0.2) is 0 Å². The Morgan fingerprint density at radius 2 is 1.88 bits per heavy atom. The summed E-state index contributed by atoms with van der Waals surface area (Å²) in [5.74, 6) is 0. The first kappa shape index (κ1) is 13.5. The Morgan fingerprint density at radius 1 is 1.31 bits per heavy atom. The van der Waals surface area contributed by atoms with Gasteiger partial charge in [-0.1, -0.05) is 24.9 Å². The second-order valence-corrected chi connectivity index (χ2v) is 5.92. The van der Waals surface area contributed by atoms with Crippen molar-refractivity contribution in [3.63, 3.8) is 0 Å². The van der Waals surface area contributed by atoms with Crippen molar-refractivity contribution in [3.05, 3.63) is 29.3 Å². The van der Waals surface area contributed by atoms with Gasteiger partial charge < -0.3 is 0 Å². The molecule has 0 aliphatic carbocycles. The van der Waals surface area contributed by atoms with E-state index in [1.54, 1.807) is 12.1 Å². The minimum atomic E-state index is -3.41. The van der Waals surface area contributed by atoms with Crippen molar-refractivity contribution in [2.24, 2.45) is 0 Å². The van der Waals surface area contributed by atoms with E-state index < -0.39 is 10.0 Å². The Morgan fingerprint density at radius 3 is 2.38 bits per heavy atom. The summed E-state index contributed by atoms with van der Waals surface area (Å²) < 4.78 is 26.4. The molecule has 0 heterocycles. The Balaban J connectivity index is 2.82. The van der Waals surface area contributed by atoms with Crippen molar-refractivity contribution in [3.8, 4) is 0 Å². The minimum absolute atomic E-state index is 0.0503. The molecule has 1 atom stereocenters. The lowest BCUT2D eigenvalue weighted by Crippen LogP contribution is -2.32. The molecule has 0 aliphatic heterocycles. The van der Waals surface area contributed by atoms with Gasteiger partial charge in [-0.3, -0.25) is 0 Å². The molecular weight excluding hydrogens is 246 g/mol. The van der Waals surface area contributed by atoms with Crippen LogP contribution < -0.4 is 4.72 Å². The van der Waals surface area contributed by atoms with Gasteiger partial charge in [0.1, 0.15) is 0 Å². The second-order valence-electron chi connectivity index (χ2n) is 3.76. The van der Waals surface area contributed by atoms with Crippen molar-refractivity contribution in [1.82, 2.24) is 4.72 Å². The van der Waals surface area contributed by atoms with Gasteiger partial charge in [-0.15, -0.1) is 0 Å². The molecule has 1 rings (SSSR count). The maximum Gasteiger partial charge on any atom is 0.240 e. The summed E-state index contributed by atoms with van der Waals surface area (Å²) in [5, 5.41) is 0.528. The maximum absolute atomic E-state index is 11.9. The van der Waals surface area contributed by atoms with Crippen LogP contribution in [0.1, 0.15) is 26.7 Å². The molecule has 1 unspecified atom stereocenters. The normalized spacial score (nSPS) is 13.7. The number of hydrogen-bond acceptors (Lipinski definition) is 2. The van der Waals surface area contributed by atoms with Crippen LogP contribution in [0.15, 0.2) is 29.2 Å². The first-order chi connectivity index (χ1) is 7.45. The molecule has 1 aromatic carbocycles. The topological polar surface area (TPSA) is 46.2 Å². The van der Waals surface area contributed by atoms with Gasteiger partial charge in [0.2, 0.25) is 10.0 Å². The van der Waals surface area contributed by atoms with Gasteiger partial charge in [-0.05, 0) is 37.6 Å². The SMILES string of the molecule is CCCC(C)NS(=O)(=O)c1ccc(Cl)cc1. The third-order valence-electron chi connectivity index (χ3n) is 2.20. The quantitative estimate of drug-likeness (QED) is 0.886. The van der Waals surface area contributed by atoms with E-state index in [9.17, 15) is 8.42 Å². The van der Waals surface area contributed by atoms with E-state index in [1.807, 2.05) is 13.8 Å². The molecule has 1 aromatic rings. The van der Waals surface area contributed by atoms with Crippen molar-refractivity contribution in [2.45, 2.75) is 37.6 Å². The van der Waals surface area contributed by atoms with Gasteiger partial charge in [0.25, 0.3) is 0 Å². The van der Waals surface area contributed by atoms with E-state index in [2.05, 4.69) is 4.72 Å². The highest BCUT2D eigenvalue weighted by molar-refractivity contribution is 7.89. The number of rotatable bonds is 5. The molecule has 0 bridgehead atoms. The summed E-state index contributed by atoms with van der Waals surface area (Å²) in [6, 6.07) is 6.10. The molecule has 0 amide bonds. The first-order valence-electron chi connectivity index (χ1n) is 5.23. The van der Waals surface area contributed by atoms with Crippen LogP contribution in [0.3, 0.4) is 0 Å². The highest BCUT2D eigenvalue weighted by atomic mass is 35.5. The van der Waals surface area contributed by atoms with Crippen LogP contribution >= 0.6 is 11.6 Å². The van der Waals surface area contributed by atoms with Gasteiger partial charge >= 0.3 is 0 Å². The van der Waals surface area contributed by atoms with Crippen LogP contribution in [0, 0.1) is 0 Å². The molecule has 1 N–H and O–H groups in total. The van der Waals surface area contributed by atoms with Crippen LogP contribution in [-0.2, 0) is 10.0 Å². The number of sulfonamides is 1. The van der Waals surface area contributed by atoms with E-state index >= 15 is 0 Å². The second kappa shape index (κ2) is 5.66. The number of hydrogen-bond donors (Lipinski definition) is 1. The van der Waals surface area contributed by atoms with E-state index in [0.717, 1.165) is 12.8 Å². The smallest absolute Gasteiger partial charge is 0.208 e. The zero-order valence-electron chi connectivity index (χ0n) is 9.40. The summed E-state index contributed by atoms with van der Waals surface area (Å²) in [4.78, 5) is 0.250. The molecule has 0 saturated carbocycles. The Kier molecular flexibility index (Phi) is 4.77. The fourth-order valence-corrected chi connectivity index (χ4v) is 2.84. The highest BCUT2D eigenvalue weighted by Crippen LogP contribution is 2.14. The van der Waals surface area contributed by atoms with Crippen LogP contribution in [0.5, 0.6) is 0 Å². The number of benzene rings is 1. The third-order valence-corrected chi connectivity index (χ3v) is 4.06. The summed E-state index contributed by atoms with van der Waals surface area (Å²) in [6.07, 6.45) is 1.77. The molecular formula is C11H16ClNO2S. The van der Waals surface area contributed by atoms with Crippen molar-refractivity contribution < 1.29 is 8.42 Å². The first-order valence-corrected chi connectivity index (χ1v) is 7.09. The highest BCUT2D eigenvalue weighted by Gasteiger charge is 2.16. The van der Waals surface area contributed by atoms with E-state index in [0.29, 0.717) is 5.02 Å². The molecule has 0 aromatic heterocycles. The molecule has 0 radical (unpaired) electrons. The van der Waals surface area contributed by atoms with E-state index in [4.69, 9.17) is 11.6 Å². The lowest BCUT2D eigenvalue weighted by Gasteiger charge is -2.13. The zero-order valence-corrected chi connectivity index (χ0v) is 11.0. The molecule has 0 aliphatic rings. The van der Waals surface area contributed by atoms with Crippen LogP contribution in [-0.4, -0.2) is 14.5 Å². The average Bonchev–Trinajstić information content (AvgIpc) is 2.17. The Hall–Kier alpha value is -0.580. The van der Waals surface area contributed by atoms with Gasteiger partial charge in [-0.2, -0.15) is 0 Å². The largest absolute Gasteiger partial charge is 0.240 e. The molecule has 0 spiro atoms. The van der Waals surface area contributed by atoms with Crippen molar-refractivity contribution in [2.75, 3.05) is 0 Å². The van der Waals surface area contributed by atoms with Crippen LogP contribution in [0.25, 0.3) is 0 Å². The molecule has 90 valence electrons. The number of nitrogens with one attached hydrogen (secondary N) is 1. The molecule has 5 heteroatoms. The molecule has 3 nitrogen and oxygen atoms in total. The predicted octanol–water partition coefficient (Wildman–Crippen LogP) is 2.81. The lowest BCUT2D eigenvalue weighted by atomic mass is 10.2. The zero-order chi connectivity index (χ0) is 12.2. The van der Waals surface area contributed by atoms with E-state index in [1.165, 1.54) is 12.1 Å². The molecule has 16 heavy (non-hydrogen) atoms. The van der Waals surface area contributed by atoms with Gasteiger partial charge in [-0.25, -0.2) is 13.1 Å². The van der Waals surface area contributed by atoms with Gasteiger partial charge in [0, 0.05) is 11.1 Å². The average molecular weight is 262 g/mol. The summed E-state index contributed by atoms with van der Waals surface area (Å²) >= 11 is 5.70.